The Hall–Kier alpha value is -1.58. The Morgan fingerprint density at radius 1 is 1.10 bits per heavy atom. The molecule has 4 heteroatoms. The van der Waals surface area contributed by atoms with Gasteiger partial charge < -0.3 is 4.74 Å². The molecular weight excluding hydrogens is 338 g/mol. The molecule has 1 aromatic heterocycles. The van der Waals surface area contributed by atoms with Gasteiger partial charge in [-0.25, -0.2) is 0 Å². The smallest absolute Gasteiger partial charge is 0.136 e. The first-order valence-electron chi connectivity index (χ1n) is 6.14. The fraction of sp³-hybridized carbons (Fsp3) is 0.0625. The third-order valence-corrected chi connectivity index (χ3v) is 4.03. The van der Waals surface area contributed by atoms with Crippen LogP contribution in [0.25, 0.3) is 10.9 Å². The van der Waals surface area contributed by atoms with Crippen LogP contribution in [-0.4, -0.2) is 4.98 Å². The quantitative estimate of drug-likeness (QED) is 0.581. The van der Waals surface area contributed by atoms with Crippen LogP contribution in [0.2, 0.25) is 0 Å². The summed E-state index contributed by atoms with van der Waals surface area (Å²) in [5.74, 6) is 2.03. The first-order valence-corrected chi connectivity index (χ1v) is 7.46. The minimum Gasteiger partial charge on any atom is -0.457 e. The number of halogens is 2. The summed E-state index contributed by atoms with van der Waals surface area (Å²) in [7, 11) is 0. The van der Waals surface area contributed by atoms with E-state index in [2.05, 4.69) is 20.9 Å². The number of benzene rings is 2. The Labute approximate surface area is 130 Å². The molecule has 0 aliphatic heterocycles. The Balaban J connectivity index is 1.99. The molecule has 2 nitrogen and oxygen atoms in total. The molecule has 0 amide bonds. The van der Waals surface area contributed by atoms with Gasteiger partial charge in [-0.05, 0) is 42.0 Å². The monoisotopic (exact) mass is 347 g/mol. The maximum atomic E-state index is 5.96. The van der Waals surface area contributed by atoms with Crippen molar-refractivity contribution in [2.24, 2.45) is 0 Å². The zero-order chi connectivity index (χ0) is 13.9. The number of ether oxygens (including phenoxy) is 1. The van der Waals surface area contributed by atoms with Gasteiger partial charge in [0.2, 0.25) is 0 Å². The van der Waals surface area contributed by atoms with Crippen molar-refractivity contribution in [3.8, 4) is 11.5 Å². The molecule has 100 valence electrons. The summed E-state index contributed by atoms with van der Waals surface area (Å²) in [6.07, 6.45) is 1.78. The molecule has 0 spiro atoms. The van der Waals surface area contributed by atoms with Crippen LogP contribution in [0.5, 0.6) is 11.5 Å². The zero-order valence-corrected chi connectivity index (χ0v) is 12.9. The zero-order valence-electron chi connectivity index (χ0n) is 10.5. The van der Waals surface area contributed by atoms with Crippen molar-refractivity contribution in [1.29, 1.82) is 0 Å². The predicted octanol–water partition coefficient (Wildman–Crippen LogP) is 5.53. The lowest BCUT2D eigenvalue weighted by Gasteiger charge is -2.10. The van der Waals surface area contributed by atoms with Gasteiger partial charge in [0.1, 0.15) is 11.5 Å². The van der Waals surface area contributed by atoms with E-state index in [-0.39, 0.29) is 0 Å². The first-order chi connectivity index (χ1) is 9.78. The lowest BCUT2D eigenvalue weighted by atomic mass is 10.2. The minimum absolute atomic E-state index is 0.471. The fourth-order valence-electron chi connectivity index (χ4n) is 1.99. The van der Waals surface area contributed by atoms with E-state index in [4.69, 9.17) is 16.3 Å². The van der Waals surface area contributed by atoms with Gasteiger partial charge >= 0.3 is 0 Å². The van der Waals surface area contributed by atoms with Crippen LogP contribution in [0.15, 0.2) is 59.2 Å². The van der Waals surface area contributed by atoms with E-state index in [1.807, 2.05) is 48.5 Å². The third kappa shape index (κ3) is 2.65. The fourth-order valence-corrected chi connectivity index (χ4v) is 2.88. The van der Waals surface area contributed by atoms with Gasteiger partial charge in [-0.1, -0.05) is 28.1 Å². The molecule has 0 bridgehead atoms. The second-order valence-electron chi connectivity index (χ2n) is 4.32. The topological polar surface area (TPSA) is 22.1 Å². The number of hydrogen-bond donors (Lipinski definition) is 0. The molecule has 3 rings (SSSR count). The number of rotatable bonds is 3. The number of fused-ring (bicyclic) bond motifs is 1. The number of aromatic nitrogens is 1. The van der Waals surface area contributed by atoms with Crippen LogP contribution >= 0.6 is 27.5 Å². The largest absolute Gasteiger partial charge is 0.457 e. The van der Waals surface area contributed by atoms with E-state index in [1.54, 1.807) is 6.20 Å². The van der Waals surface area contributed by atoms with Crippen LogP contribution in [0, 0.1) is 0 Å². The molecule has 0 radical (unpaired) electrons. The molecule has 0 aliphatic carbocycles. The second kappa shape index (κ2) is 5.81. The molecule has 0 atom stereocenters. The molecule has 3 aromatic rings. The molecular formula is C16H11BrClNO. The van der Waals surface area contributed by atoms with Crippen molar-refractivity contribution in [1.82, 2.24) is 4.98 Å². The molecule has 0 saturated carbocycles. The van der Waals surface area contributed by atoms with Crippen LogP contribution in [0.4, 0.5) is 0 Å². The predicted molar refractivity (Wildman–Crippen MR) is 85.5 cm³/mol. The Kier molecular flexibility index (Phi) is 3.90. The van der Waals surface area contributed by atoms with Crippen molar-refractivity contribution in [3.63, 3.8) is 0 Å². The first kappa shape index (κ1) is 13.4. The molecule has 0 saturated heterocycles. The Morgan fingerprint density at radius 3 is 2.80 bits per heavy atom. The summed E-state index contributed by atoms with van der Waals surface area (Å²) in [4.78, 5) is 4.32. The summed E-state index contributed by atoms with van der Waals surface area (Å²) in [5, 5.41) is 0.993. The van der Waals surface area contributed by atoms with E-state index in [1.165, 1.54) is 0 Å². The molecule has 0 fully saturated rings. The number of pyridine rings is 1. The highest BCUT2D eigenvalue weighted by Gasteiger charge is 2.06. The highest BCUT2D eigenvalue weighted by Crippen LogP contribution is 2.31. The highest BCUT2D eigenvalue weighted by molar-refractivity contribution is 9.10. The van der Waals surface area contributed by atoms with Crippen molar-refractivity contribution >= 4 is 38.4 Å². The lowest BCUT2D eigenvalue weighted by Crippen LogP contribution is -1.88. The Morgan fingerprint density at radius 2 is 2.00 bits per heavy atom. The molecule has 0 aliphatic rings. The molecule has 2 aromatic carbocycles. The van der Waals surface area contributed by atoms with Gasteiger partial charge in [0, 0.05) is 21.9 Å². The Bertz CT molecular complexity index is 755. The van der Waals surface area contributed by atoms with Crippen molar-refractivity contribution in [3.05, 3.63) is 64.8 Å². The van der Waals surface area contributed by atoms with E-state index < -0.39 is 0 Å². The van der Waals surface area contributed by atoms with Crippen LogP contribution in [0.1, 0.15) is 5.56 Å². The summed E-state index contributed by atoms with van der Waals surface area (Å²) >= 11 is 9.34. The van der Waals surface area contributed by atoms with Crippen molar-refractivity contribution < 1.29 is 4.74 Å². The average molecular weight is 349 g/mol. The van der Waals surface area contributed by atoms with Crippen LogP contribution in [0.3, 0.4) is 0 Å². The van der Waals surface area contributed by atoms with Gasteiger partial charge in [-0.2, -0.15) is 0 Å². The minimum atomic E-state index is 0.471. The third-order valence-electron chi connectivity index (χ3n) is 3.00. The van der Waals surface area contributed by atoms with E-state index in [9.17, 15) is 0 Å². The standard InChI is InChI=1S/C16H11BrClNO/c17-14-9-12(7-6-11(14)10-18)20-16-5-1-4-15-13(16)3-2-8-19-15/h1-9H,10H2. The molecule has 0 N–H and O–H groups in total. The van der Waals surface area contributed by atoms with Crippen LogP contribution in [-0.2, 0) is 5.88 Å². The summed E-state index contributed by atoms with van der Waals surface area (Å²) in [6, 6.07) is 15.5. The van der Waals surface area contributed by atoms with Crippen LogP contribution < -0.4 is 4.74 Å². The van der Waals surface area contributed by atoms with Gasteiger partial charge in [0.05, 0.1) is 5.52 Å². The van der Waals surface area contributed by atoms with Crippen molar-refractivity contribution in [2.45, 2.75) is 5.88 Å². The maximum Gasteiger partial charge on any atom is 0.136 e. The number of hydrogen-bond acceptors (Lipinski definition) is 2. The summed E-state index contributed by atoms with van der Waals surface area (Å²) < 4.78 is 6.91. The molecule has 0 unspecified atom stereocenters. The van der Waals surface area contributed by atoms with Crippen molar-refractivity contribution in [2.75, 3.05) is 0 Å². The van der Waals surface area contributed by atoms with E-state index >= 15 is 0 Å². The normalized spacial score (nSPS) is 10.7. The summed E-state index contributed by atoms with van der Waals surface area (Å²) in [5.41, 5.74) is 1.96. The second-order valence-corrected chi connectivity index (χ2v) is 5.44. The molecule has 1 heterocycles. The maximum absolute atomic E-state index is 5.96. The highest BCUT2D eigenvalue weighted by atomic mass is 79.9. The van der Waals surface area contributed by atoms with Gasteiger partial charge in [-0.3, -0.25) is 4.98 Å². The van der Waals surface area contributed by atoms with E-state index in [0.29, 0.717) is 5.88 Å². The van der Waals surface area contributed by atoms with E-state index in [0.717, 1.165) is 32.4 Å². The number of nitrogens with zero attached hydrogens (tertiary/aromatic N) is 1. The number of alkyl halides is 1. The van der Waals surface area contributed by atoms with Gasteiger partial charge in [-0.15, -0.1) is 11.6 Å². The average Bonchev–Trinajstić information content (AvgIpc) is 2.48. The van der Waals surface area contributed by atoms with Gasteiger partial charge in [0.15, 0.2) is 0 Å². The SMILES string of the molecule is ClCc1ccc(Oc2cccc3ncccc23)cc1Br. The summed E-state index contributed by atoms with van der Waals surface area (Å²) in [6.45, 7) is 0. The molecule has 20 heavy (non-hydrogen) atoms. The lowest BCUT2D eigenvalue weighted by molar-refractivity contribution is 0.487. The van der Waals surface area contributed by atoms with Gasteiger partial charge in [0.25, 0.3) is 0 Å².